The van der Waals surface area contributed by atoms with Crippen LogP contribution in [0.25, 0.3) is 0 Å². The van der Waals surface area contributed by atoms with Gasteiger partial charge in [-0.3, -0.25) is 4.90 Å². The summed E-state index contributed by atoms with van der Waals surface area (Å²) >= 11 is 1.95. The molecule has 118 valence electrons. The Balaban J connectivity index is 1.75. The lowest BCUT2D eigenvalue weighted by Crippen LogP contribution is -2.52. The maximum absolute atomic E-state index is 3.58. The van der Waals surface area contributed by atoms with Crippen LogP contribution in [0.1, 0.15) is 42.7 Å². The monoisotopic (exact) mass is 307 g/mol. The number of nitrogens with zero attached hydrogens (tertiary/aromatic N) is 2. The van der Waals surface area contributed by atoms with Crippen molar-refractivity contribution in [3.63, 3.8) is 0 Å². The van der Waals surface area contributed by atoms with Crippen LogP contribution in [0.3, 0.4) is 0 Å². The van der Waals surface area contributed by atoms with Crippen LogP contribution < -0.4 is 5.32 Å². The Kier molecular flexibility index (Phi) is 5.33. The molecule has 0 aromatic carbocycles. The highest BCUT2D eigenvalue weighted by Crippen LogP contribution is 2.31. The molecule has 4 heteroatoms. The van der Waals surface area contributed by atoms with Gasteiger partial charge in [0.05, 0.1) is 6.04 Å². The second-order valence-corrected chi connectivity index (χ2v) is 7.64. The van der Waals surface area contributed by atoms with Gasteiger partial charge in [0.25, 0.3) is 0 Å². The van der Waals surface area contributed by atoms with E-state index in [1.54, 1.807) is 4.88 Å². The van der Waals surface area contributed by atoms with Gasteiger partial charge in [0.2, 0.25) is 0 Å². The summed E-state index contributed by atoms with van der Waals surface area (Å²) in [6.45, 7) is 11.9. The molecule has 0 amide bonds. The van der Waals surface area contributed by atoms with E-state index in [2.05, 4.69) is 40.4 Å². The maximum Gasteiger partial charge on any atom is 0.0572 e. The molecule has 2 atom stereocenters. The first-order chi connectivity index (χ1) is 10.2. The minimum atomic E-state index is 0.590. The fraction of sp³-hybridized carbons (Fsp3) is 0.765. The van der Waals surface area contributed by atoms with E-state index in [4.69, 9.17) is 0 Å². The van der Waals surface area contributed by atoms with Crippen molar-refractivity contribution in [3.8, 4) is 0 Å². The molecule has 3 heterocycles. The third-order valence-corrected chi connectivity index (χ3v) is 6.05. The van der Waals surface area contributed by atoms with Crippen molar-refractivity contribution in [2.75, 3.05) is 39.3 Å². The summed E-state index contributed by atoms with van der Waals surface area (Å²) in [5.74, 6) is 0. The van der Waals surface area contributed by atoms with E-state index in [1.807, 2.05) is 11.3 Å². The molecular formula is C17H29N3S. The van der Waals surface area contributed by atoms with Gasteiger partial charge >= 0.3 is 0 Å². The molecule has 0 aliphatic carbocycles. The van der Waals surface area contributed by atoms with Gasteiger partial charge in [-0.15, -0.1) is 11.3 Å². The van der Waals surface area contributed by atoms with Crippen molar-refractivity contribution < 1.29 is 0 Å². The average molecular weight is 308 g/mol. The number of hydrogen-bond acceptors (Lipinski definition) is 4. The van der Waals surface area contributed by atoms with Crippen LogP contribution in [-0.4, -0.2) is 55.1 Å². The Hall–Kier alpha value is -0.420. The highest BCUT2D eigenvalue weighted by molar-refractivity contribution is 7.10. The van der Waals surface area contributed by atoms with E-state index in [0.717, 1.165) is 6.54 Å². The molecule has 1 N–H and O–H groups in total. The Labute approximate surface area is 133 Å². The third kappa shape index (κ3) is 3.86. The van der Waals surface area contributed by atoms with Crippen LogP contribution in [0.2, 0.25) is 0 Å². The van der Waals surface area contributed by atoms with Gasteiger partial charge in [-0.2, -0.15) is 0 Å². The lowest BCUT2D eigenvalue weighted by molar-refractivity contribution is 0.102. The van der Waals surface area contributed by atoms with E-state index in [1.165, 1.54) is 57.5 Å². The molecule has 0 saturated carbocycles. The van der Waals surface area contributed by atoms with E-state index < -0.39 is 0 Å². The largest absolute Gasteiger partial charge is 0.312 e. The number of thiophene rings is 1. The Morgan fingerprint density at radius 1 is 1.29 bits per heavy atom. The molecule has 2 fully saturated rings. The van der Waals surface area contributed by atoms with Crippen LogP contribution >= 0.6 is 11.3 Å². The Morgan fingerprint density at radius 2 is 2.10 bits per heavy atom. The first-order valence-corrected chi connectivity index (χ1v) is 9.36. The molecule has 2 saturated heterocycles. The van der Waals surface area contributed by atoms with Crippen molar-refractivity contribution in [1.29, 1.82) is 0 Å². The third-order valence-electron chi connectivity index (χ3n) is 4.93. The number of piperidine rings is 1. The zero-order valence-corrected chi connectivity index (χ0v) is 14.3. The standard InChI is InChI=1S/C17H29N3S/c1-14-6-11-21-17(14)16(13-19-8-4-3-5-9-19)20-10-7-18-15(2)12-20/h6,11,15-16,18H,3-5,7-10,12-13H2,1-2H3. The van der Waals surface area contributed by atoms with Crippen LogP contribution in [0.4, 0.5) is 0 Å². The molecule has 2 aliphatic rings. The molecular weight excluding hydrogens is 278 g/mol. The van der Waals surface area contributed by atoms with Gasteiger partial charge < -0.3 is 10.2 Å². The molecule has 2 unspecified atom stereocenters. The Bertz CT molecular complexity index is 439. The van der Waals surface area contributed by atoms with Gasteiger partial charge in [-0.25, -0.2) is 0 Å². The Morgan fingerprint density at radius 3 is 2.76 bits per heavy atom. The summed E-state index contributed by atoms with van der Waals surface area (Å²) in [7, 11) is 0. The van der Waals surface area contributed by atoms with Gasteiger partial charge in [0.15, 0.2) is 0 Å². The first-order valence-electron chi connectivity index (χ1n) is 8.48. The summed E-state index contributed by atoms with van der Waals surface area (Å²) < 4.78 is 0. The van der Waals surface area contributed by atoms with Crippen LogP contribution in [0, 0.1) is 6.92 Å². The van der Waals surface area contributed by atoms with Crippen molar-refractivity contribution in [2.24, 2.45) is 0 Å². The molecule has 0 spiro atoms. The average Bonchev–Trinajstić information content (AvgIpc) is 2.92. The summed E-state index contributed by atoms with van der Waals surface area (Å²) in [4.78, 5) is 7.00. The predicted octanol–water partition coefficient (Wildman–Crippen LogP) is 2.88. The number of nitrogens with one attached hydrogen (secondary N) is 1. The molecule has 1 aromatic rings. The van der Waals surface area contributed by atoms with Crippen molar-refractivity contribution in [3.05, 3.63) is 21.9 Å². The van der Waals surface area contributed by atoms with Gasteiger partial charge in [0, 0.05) is 37.1 Å². The summed E-state index contributed by atoms with van der Waals surface area (Å²) in [6.07, 6.45) is 4.19. The zero-order chi connectivity index (χ0) is 14.7. The number of piperazine rings is 1. The molecule has 0 radical (unpaired) electrons. The second kappa shape index (κ2) is 7.23. The highest BCUT2D eigenvalue weighted by atomic mass is 32.1. The van der Waals surface area contributed by atoms with E-state index in [9.17, 15) is 0 Å². The molecule has 3 nitrogen and oxygen atoms in total. The highest BCUT2D eigenvalue weighted by Gasteiger charge is 2.28. The predicted molar refractivity (Wildman–Crippen MR) is 91.1 cm³/mol. The lowest BCUT2D eigenvalue weighted by Gasteiger charge is -2.40. The van der Waals surface area contributed by atoms with E-state index in [0.29, 0.717) is 12.1 Å². The van der Waals surface area contributed by atoms with Gasteiger partial charge in [-0.1, -0.05) is 6.42 Å². The molecule has 3 rings (SSSR count). The van der Waals surface area contributed by atoms with Gasteiger partial charge in [-0.05, 0) is 56.8 Å². The van der Waals surface area contributed by atoms with Crippen molar-refractivity contribution >= 4 is 11.3 Å². The minimum Gasteiger partial charge on any atom is -0.312 e. The fourth-order valence-electron chi connectivity index (χ4n) is 3.72. The molecule has 2 aliphatic heterocycles. The number of likely N-dealkylation sites (tertiary alicyclic amines) is 1. The first kappa shape index (κ1) is 15.5. The maximum atomic E-state index is 3.58. The molecule has 1 aromatic heterocycles. The summed E-state index contributed by atoms with van der Waals surface area (Å²) in [6, 6.07) is 3.49. The van der Waals surface area contributed by atoms with Crippen LogP contribution in [0.5, 0.6) is 0 Å². The normalized spacial score (nSPS) is 26.9. The van der Waals surface area contributed by atoms with E-state index >= 15 is 0 Å². The zero-order valence-electron chi connectivity index (χ0n) is 13.5. The van der Waals surface area contributed by atoms with Crippen LogP contribution in [-0.2, 0) is 0 Å². The lowest BCUT2D eigenvalue weighted by atomic mass is 10.1. The van der Waals surface area contributed by atoms with E-state index in [-0.39, 0.29) is 0 Å². The SMILES string of the molecule is Cc1ccsc1C(CN1CCCCC1)N1CCNC(C)C1. The molecule has 21 heavy (non-hydrogen) atoms. The minimum absolute atomic E-state index is 0.590. The van der Waals surface area contributed by atoms with Crippen molar-refractivity contribution in [2.45, 2.75) is 45.2 Å². The quantitative estimate of drug-likeness (QED) is 0.923. The topological polar surface area (TPSA) is 18.5 Å². The number of rotatable bonds is 4. The summed E-state index contributed by atoms with van der Waals surface area (Å²) in [5.41, 5.74) is 1.48. The fourth-order valence-corrected chi connectivity index (χ4v) is 4.78. The number of hydrogen-bond donors (Lipinski definition) is 1. The second-order valence-electron chi connectivity index (χ2n) is 6.70. The summed E-state index contributed by atoms with van der Waals surface area (Å²) in [5, 5.41) is 5.84. The van der Waals surface area contributed by atoms with Crippen LogP contribution in [0.15, 0.2) is 11.4 Å². The van der Waals surface area contributed by atoms with Crippen molar-refractivity contribution in [1.82, 2.24) is 15.1 Å². The number of aryl methyl sites for hydroxylation is 1. The smallest absolute Gasteiger partial charge is 0.0572 e. The van der Waals surface area contributed by atoms with Gasteiger partial charge in [0.1, 0.15) is 0 Å². The molecule has 0 bridgehead atoms.